The summed E-state index contributed by atoms with van der Waals surface area (Å²) in [5.74, 6) is 2.08. The summed E-state index contributed by atoms with van der Waals surface area (Å²) < 4.78 is 17.3. The number of ether oxygens (including phenoxy) is 3. The molecule has 1 saturated carbocycles. The van der Waals surface area contributed by atoms with E-state index in [1.54, 1.807) is 19.2 Å². The molecule has 0 spiro atoms. The minimum Gasteiger partial charge on any atom is -0.496 e. The third kappa shape index (κ3) is 4.93. The first-order valence-electron chi connectivity index (χ1n) is 13.7. The largest absolute Gasteiger partial charge is 0.496 e. The van der Waals surface area contributed by atoms with Gasteiger partial charge in [0.1, 0.15) is 17.2 Å². The Balaban J connectivity index is 1.34. The number of carbonyl (C=O) groups is 1. The average Bonchev–Trinajstić information content (AvgIpc) is 3.40. The highest BCUT2D eigenvalue weighted by Gasteiger charge is 2.44. The Morgan fingerprint density at radius 2 is 1.62 bits per heavy atom. The molecule has 1 fully saturated rings. The Labute approximate surface area is 234 Å². The third-order valence-electron chi connectivity index (χ3n) is 7.77. The highest BCUT2D eigenvalue weighted by Crippen LogP contribution is 2.46. The fourth-order valence-corrected chi connectivity index (χ4v) is 5.87. The summed E-state index contributed by atoms with van der Waals surface area (Å²) >= 11 is 0. The van der Waals surface area contributed by atoms with Crippen LogP contribution in [0.2, 0.25) is 0 Å². The Morgan fingerprint density at radius 1 is 0.900 bits per heavy atom. The van der Waals surface area contributed by atoms with E-state index in [9.17, 15) is 4.79 Å². The second-order valence-corrected chi connectivity index (χ2v) is 10.1. The molecule has 202 valence electrons. The van der Waals surface area contributed by atoms with Gasteiger partial charge in [0.2, 0.25) is 0 Å². The number of carbonyl (C=O) groups excluding carboxylic acids is 1. The van der Waals surface area contributed by atoms with Gasteiger partial charge in [0.25, 0.3) is 5.91 Å². The fourth-order valence-electron chi connectivity index (χ4n) is 5.87. The Morgan fingerprint density at radius 3 is 2.45 bits per heavy atom. The molecule has 2 aliphatic rings. The van der Waals surface area contributed by atoms with Gasteiger partial charge in [-0.05, 0) is 65.9 Å². The van der Waals surface area contributed by atoms with Gasteiger partial charge < -0.3 is 14.2 Å². The standard InChI is InChI=1S/C34H32N2O4/c1-38-30-16-7-5-12-25(30)20-26-13-9-15-29-33(26)35-36(34(29)28-14-6-8-17-31(28)39-2)32(37)22-40-27-19-18-23-10-3-4-11-24(23)21-27/h3-8,10-12,14,16-21,29,34H,9,13,15,22H2,1-2H3/b26-20+/t29-,34-/m1/s1. The van der Waals surface area contributed by atoms with Gasteiger partial charge in [0, 0.05) is 17.0 Å². The van der Waals surface area contributed by atoms with Crippen LogP contribution in [-0.4, -0.2) is 37.5 Å². The van der Waals surface area contributed by atoms with Gasteiger partial charge in [-0.1, -0.05) is 66.7 Å². The van der Waals surface area contributed by atoms with E-state index < -0.39 is 0 Å². The lowest BCUT2D eigenvalue weighted by atomic mass is 9.77. The molecule has 4 aromatic rings. The highest BCUT2D eigenvalue weighted by atomic mass is 16.5. The number of hydrogen-bond acceptors (Lipinski definition) is 5. The van der Waals surface area contributed by atoms with Gasteiger partial charge in [0.15, 0.2) is 6.61 Å². The molecule has 0 aromatic heterocycles. The van der Waals surface area contributed by atoms with Crippen LogP contribution >= 0.6 is 0 Å². The van der Waals surface area contributed by atoms with Crippen LogP contribution in [-0.2, 0) is 4.79 Å². The molecular weight excluding hydrogens is 500 g/mol. The second kappa shape index (κ2) is 11.3. The van der Waals surface area contributed by atoms with Crippen molar-refractivity contribution in [1.29, 1.82) is 0 Å². The smallest absolute Gasteiger partial charge is 0.281 e. The van der Waals surface area contributed by atoms with Gasteiger partial charge in [-0.15, -0.1) is 0 Å². The van der Waals surface area contributed by atoms with Crippen LogP contribution in [0.1, 0.15) is 36.4 Å². The van der Waals surface area contributed by atoms with Crippen molar-refractivity contribution in [3.63, 3.8) is 0 Å². The van der Waals surface area contributed by atoms with Crippen molar-refractivity contribution in [1.82, 2.24) is 5.01 Å². The predicted molar refractivity (Wildman–Crippen MR) is 158 cm³/mol. The molecule has 6 heteroatoms. The quantitative estimate of drug-likeness (QED) is 0.256. The molecular formula is C34H32N2O4. The molecule has 0 unspecified atom stereocenters. The lowest BCUT2D eigenvalue weighted by Crippen LogP contribution is -2.34. The zero-order valence-corrected chi connectivity index (χ0v) is 22.7. The normalized spacial score (nSPS) is 19.3. The molecule has 0 radical (unpaired) electrons. The number of methoxy groups -OCH3 is 2. The van der Waals surface area contributed by atoms with E-state index in [2.05, 4.69) is 12.1 Å². The van der Waals surface area contributed by atoms with Gasteiger partial charge in [-0.2, -0.15) is 5.10 Å². The van der Waals surface area contributed by atoms with Crippen LogP contribution in [0.4, 0.5) is 0 Å². The van der Waals surface area contributed by atoms with Crippen molar-refractivity contribution in [2.75, 3.05) is 20.8 Å². The van der Waals surface area contributed by atoms with Gasteiger partial charge in [-0.3, -0.25) is 4.79 Å². The number of allylic oxidation sites excluding steroid dienone is 1. The molecule has 0 saturated heterocycles. The lowest BCUT2D eigenvalue weighted by molar-refractivity contribution is -0.135. The summed E-state index contributed by atoms with van der Waals surface area (Å²) in [4.78, 5) is 13.8. The van der Waals surface area contributed by atoms with E-state index in [4.69, 9.17) is 19.3 Å². The van der Waals surface area contributed by atoms with E-state index in [0.717, 1.165) is 63.9 Å². The molecule has 6 nitrogen and oxygen atoms in total. The van der Waals surface area contributed by atoms with Crippen molar-refractivity contribution >= 4 is 28.5 Å². The fraction of sp³-hybridized carbons (Fsp3) is 0.235. The zero-order chi connectivity index (χ0) is 27.5. The molecule has 1 aliphatic heterocycles. The van der Waals surface area contributed by atoms with Crippen molar-refractivity contribution in [2.45, 2.75) is 25.3 Å². The maximum absolute atomic E-state index is 13.8. The van der Waals surface area contributed by atoms with E-state index in [1.807, 2.05) is 84.9 Å². The molecule has 1 aliphatic carbocycles. The highest BCUT2D eigenvalue weighted by molar-refractivity contribution is 6.08. The first-order valence-corrected chi connectivity index (χ1v) is 13.7. The van der Waals surface area contributed by atoms with Gasteiger partial charge in [0.05, 0.1) is 26.0 Å². The van der Waals surface area contributed by atoms with E-state index >= 15 is 0 Å². The monoisotopic (exact) mass is 532 g/mol. The van der Waals surface area contributed by atoms with Crippen LogP contribution in [0.3, 0.4) is 0 Å². The maximum atomic E-state index is 13.8. The molecule has 4 aromatic carbocycles. The van der Waals surface area contributed by atoms with Crippen LogP contribution in [0.15, 0.2) is 102 Å². The molecule has 1 heterocycles. The van der Waals surface area contributed by atoms with Crippen LogP contribution in [0.5, 0.6) is 17.2 Å². The molecule has 1 amide bonds. The Kier molecular flexibility index (Phi) is 7.23. The van der Waals surface area contributed by atoms with E-state index in [1.165, 1.54) is 0 Å². The lowest BCUT2D eigenvalue weighted by Gasteiger charge is -2.30. The van der Waals surface area contributed by atoms with Crippen LogP contribution < -0.4 is 14.2 Å². The zero-order valence-electron chi connectivity index (χ0n) is 22.7. The number of hydrogen-bond donors (Lipinski definition) is 0. The number of fused-ring (bicyclic) bond motifs is 2. The molecule has 40 heavy (non-hydrogen) atoms. The summed E-state index contributed by atoms with van der Waals surface area (Å²) in [5, 5.41) is 8.81. The molecule has 0 bridgehead atoms. The number of para-hydroxylation sites is 2. The Bertz CT molecular complexity index is 1610. The van der Waals surface area contributed by atoms with Crippen molar-refractivity contribution in [2.24, 2.45) is 11.0 Å². The number of nitrogens with zero attached hydrogens (tertiary/aromatic N) is 2. The van der Waals surface area contributed by atoms with Gasteiger partial charge in [-0.25, -0.2) is 5.01 Å². The summed E-state index contributed by atoms with van der Waals surface area (Å²) in [7, 11) is 3.35. The first kappa shape index (κ1) is 25.7. The number of amides is 1. The van der Waals surface area contributed by atoms with Crippen molar-refractivity contribution in [3.8, 4) is 17.2 Å². The summed E-state index contributed by atoms with van der Waals surface area (Å²) in [5.41, 5.74) is 4.03. The topological polar surface area (TPSA) is 60.4 Å². The Hall–Kier alpha value is -4.58. The van der Waals surface area contributed by atoms with E-state index in [-0.39, 0.29) is 24.5 Å². The first-order chi connectivity index (χ1) is 19.7. The summed E-state index contributed by atoms with van der Waals surface area (Å²) in [6, 6.07) is 29.6. The summed E-state index contributed by atoms with van der Waals surface area (Å²) in [6.45, 7) is -0.112. The van der Waals surface area contributed by atoms with Crippen LogP contribution in [0.25, 0.3) is 16.8 Å². The second-order valence-electron chi connectivity index (χ2n) is 10.1. The minimum absolute atomic E-state index is 0.0515. The average molecular weight is 533 g/mol. The van der Waals surface area contributed by atoms with Gasteiger partial charge >= 0.3 is 0 Å². The van der Waals surface area contributed by atoms with Crippen molar-refractivity contribution in [3.05, 3.63) is 108 Å². The number of hydrazone groups is 1. The van der Waals surface area contributed by atoms with E-state index in [0.29, 0.717) is 5.75 Å². The third-order valence-corrected chi connectivity index (χ3v) is 7.77. The SMILES string of the molecule is COc1ccccc1/C=C1\CCC[C@@H]2C1=NN(C(=O)COc1ccc3ccccc3c1)[C@@H]2c1ccccc1OC. The number of benzene rings is 4. The molecule has 2 atom stereocenters. The molecule has 0 N–H and O–H groups in total. The number of rotatable bonds is 7. The molecule has 6 rings (SSSR count). The summed E-state index contributed by atoms with van der Waals surface area (Å²) in [6.07, 6.45) is 4.98. The predicted octanol–water partition coefficient (Wildman–Crippen LogP) is 7.06. The van der Waals surface area contributed by atoms with Crippen molar-refractivity contribution < 1.29 is 19.0 Å². The maximum Gasteiger partial charge on any atom is 0.281 e. The van der Waals surface area contributed by atoms with Crippen LogP contribution in [0, 0.1) is 5.92 Å². The minimum atomic E-state index is -0.278.